The molecule has 118 valence electrons. The number of halogens is 1. The lowest BCUT2D eigenvalue weighted by molar-refractivity contribution is -0.107. The van der Waals surface area contributed by atoms with Gasteiger partial charge in [0.1, 0.15) is 0 Å². The van der Waals surface area contributed by atoms with E-state index in [1.165, 1.54) is 26.4 Å². The van der Waals surface area contributed by atoms with E-state index in [4.69, 9.17) is 9.47 Å². The minimum Gasteiger partial charge on any atom is -0.352 e. The third-order valence-corrected chi connectivity index (χ3v) is 3.73. The quantitative estimate of drug-likeness (QED) is 0.643. The molecule has 0 saturated heterocycles. The minimum absolute atomic E-state index is 0.115. The fourth-order valence-corrected chi connectivity index (χ4v) is 2.65. The molecule has 2 amide bonds. The standard InChI is InChI=1S/C17H14FNO4/c1-22-17(23-2)12-8-5-9-13(14(12)18)19-15(20)10-6-3-4-7-11(10)16(19)21/h3-9,17H,1-2H3. The summed E-state index contributed by atoms with van der Waals surface area (Å²) in [4.78, 5) is 25.8. The van der Waals surface area contributed by atoms with E-state index < -0.39 is 23.9 Å². The van der Waals surface area contributed by atoms with Crippen LogP contribution in [0.25, 0.3) is 0 Å². The van der Waals surface area contributed by atoms with Crippen LogP contribution in [0.5, 0.6) is 0 Å². The Morgan fingerprint density at radius 3 is 2.00 bits per heavy atom. The molecule has 1 aliphatic rings. The van der Waals surface area contributed by atoms with Crippen LogP contribution in [-0.4, -0.2) is 26.0 Å². The molecule has 0 spiro atoms. The predicted molar refractivity (Wildman–Crippen MR) is 80.7 cm³/mol. The summed E-state index contributed by atoms with van der Waals surface area (Å²) in [6.45, 7) is 0. The molecular formula is C17H14FNO4. The normalized spacial score (nSPS) is 13.8. The molecule has 6 heteroatoms. The number of fused-ring (bicyclic) bond motifs is 1. The highest BCUT2D eigenvalue weighted by molar-refractivity contribution is 6.34. The molecule has 0 radical (unpaired) electrons. The molecule has 0 fully saturated rings. The first-order chi connectivity index (χ1) is 11.1. The molecule has 2 aromatic rings. The first kappa shape index (κ1) is 15.3. The van der Waals surface area contributed by atoms with Crippen molar-refractivity contribution in [3.05, 3.63) is 65.0 Å². The lowest BCUT2D eigenvalue weighted by Gasteiger charge is -2.19. The highest BCUT2D eigenvalue weighted by Gasteiger charge is 2.38. The summed E-state index contributed by atoms with van der Waals surface area (Å²) in [5.74, 6) is -1.82. The summed E-state index contributed by atoms with van der Waals surface area (Å²) in [6.07, 6.45) is -0.926. The van der Waals surface area contributed by atoms with Crippen molar-refractivity contribution in [1.82, 2.24) is 0 Å². The Balaban J connectivity index is 2.09. The number of anilines is 1. The lowest BCUT2D eigenvalue weighted by Crippen LogP contribution is -2.30. The Morgan fingerprint density at radius 2 is 1.48 bits per heavy atom. The van der Waals surface area contributed by atoms with E-state index in [1.807, 2.05) is 0 Å². The third-order valence-electron chi connectivity index (χ3n) is 3.73. The van der Waals surface area contributed by atoms with Gasteiger partial charge < -0.3 is 9.47 Å². The molecule has 2 aromatic carbocycles. The summed E-state index contributed by atoms with van der Waals surface area (Å²) < 4.78 is 24.9. The van der Waals surface area contributed by atoms with Crippen molar-refractivity contribution in [2.75, 3.05) is 19.1 Å². The average molecular weight is 315 g/mol. The van der Waals surface area contributed by atoms with Gasteiger partial charge in [-0.1, -0.05) is 24.3 Å². The van der Waals surface area contributed by atoms with Gasteiger partial charge in [-0.3, -0.25) is 9.59 Å². The van der Waals surface area contributed by atoms with Gasteiger partial charge in [-0.2, -0.15) is 0 Å². The smallest absolute Gasteiger partial charge is 0.266 e. The molecule has 0 saturated carbocycles. The molecule has 0 unspecified atom stereocenters. The van der Waals surface area contributed by atoms with E-state index in [-0.39, 0.29) is 22.4 Å². The van der Waals surface area contributed by atoms with Gasteiger partial charge in [0.2, 0.25) is 0 Å². The molecule has 3 rings (SSSR count). The number of carbonyl (C=O) groups is 2. The van der Waals surface area contributed by atoms with E-state index in [9.17, 15) is 14.0 Å². The van der Waals surface area contributed by atoms with Gasteiger partial charge in [0.25, 0.3) is 11.8 Å². The number of hydrogen-bond acceptors (Lipinski definition) is 4. The van der Waals surface area contributed by atoms with Crippen molar-refractivity contribution < 1.29 is 23.5 Å². The first-order valence-electron chi connectivity index (χ1n) is 6.92. The number of ether oxygens (including phenoxy) is 2. The highest BCUT2D eigenvalue weighted by Crippen LogP contribution is 2.33. The number of carbonyl (C=O) groups excluding carboxylic acids is 2. The van der Waals surface area contributed by atoms with Crippen LogP contribution in [0.15, 0.2) is 42.5 Å². The van der Waals surface area contributed by atoms with E-state index >= 15 is 0 Å². The van der Waals surface area contributed by atoms with Crippen LogP contribution >= 0.6 is 0 Å². The van der Waals surface area contributed by atoms with Crippen LogP contribution in [-0.2, 0) is 9.47 Å². The van der Waals surface area contributed by atoms with Crippen LogP contribution < -0.4 is 4.90 Å². The fourth-order valence-electron chi connectivity index (χ4n) is 2.65. The molecule has 0 bridgehead atoms. The number of nitrogens with zero attached hydrogens (tertiary/aromatic N) is 1. The van der Waals surface area contributed by atoms with E-state index in [1.54, 1.807) is 30.3 Å². The first-order valence-corrected chi connectivity index (χ1v) is 6.92. The molecule has 1 heterocycles. The van der Waals surface area contributed by atoms with E-state index in [2.05, 4.69) is 0 Å². The third kappa shape index (κ3) is 2.32. The van der Waals surface area contributed by atoms with Crippen LogP contribution in [0.3, 0.4) is 0 Å². The minimum atomic E-state index is -0.926. The summed E-state index contributed by atoms with van der Waals surface area (Å²) in [7, 11) is 2.75. The van der Waals surface area contributed by atoms with Crippen molar-refractivity contribution in [1.29, 1.82) is 0 Å². The van der Waals surface area contributed by atoms with Gasteiger partial charge in [0, 0.05) is 19.8 Å². The Morgan fingerprint density at radius 1 is 0.913 bits per heavy atom. The Kier molecular flexibility index (Phi) is 3.94. The second-order valence-corrected chi connectivity index (χ2v) is 4.97. The molecule has 5 nitrogen and oxygen atoms in total. The number of hydrogen-bond donors (Lipinski definition) is 0. The zero-order chi connectivity index (χ0) is 16.6. The van der Waals surface area contributed by atoms with Crippen LogP contribution in [0.2, 0.25) is 0 Å². The number of amides is 2. The fraction of sp³-hybridized carbons (Fsp3) is 0.176. The molecule has 0 aliphatic carbocycles. The second-order valence-electron chi connectivity index (χ2n) is 4.97. The zero-order valence-electron chi connectivity index (χ0n) is 12.6. The zero-order valence-corrected chi connectivity index (χ0v) is 12.6. The van der Waals surface area contributed by atoms with Gasteiger partial charge in [-0.15, -0.1) is 0 Å². The molecule has 1 aliphatic heterocycles. The number of imide groups is 1. The molecule has 23 heavy (non-hydrogen) atoms. The molecule has 0 aromatic heterocycles. The average Bonchev–Trinajstić information content (AvgIpc) is 2.82. The van der Waals surface area contributed by atoms with Gasteiger partial charge in [0.15, 0.2) is 12.1 Å². The Bertz CT molecular complexity index is 751. The summed E-state index contributed by atoms with van der Waals surface area (Å²) in [5, 5.41) is 0. The van der Waals surface area contributed by atoms with Crippen LogP contribution in [0, 0.1) is 5.82 Å². The number of rotatable bonds is 4. The molecule has 0 atom stereocenters. The molecular weight excluding hydrogens is 301 g/mol. The SMILES string of the molecule is COC(OC)c1cccc(N2C(=O)c3ccccc3C2=O)c1F. The van der Waals surface area contributed by atoms with E-state index in [0.29, 0.717) is 0 Å². The maximum Gasteiger partial charge on any atom is 0.266 e. The second kappa shape index (κ2) is 5.91. The van der Waals surface area contributed by atoms with Gasteiger partial charge in [0.05, 0.1) is 16.8 Å². The number of methoxy groups -OCH3 is 2. The Hall–Kier alpha value is -2.57. The highest BCUT2D eigenvalue weighted by atomic mass is 19.1. The monoisotopic (exact) mass is 315 g/mol. The number of benzene rings is 2. The van der Waals surface area contributed by atoms with Crippen LogP contribution in [0.4, 0.5) is 10.1 Å². The summed E-state index contributed by atoms with van der Waals surface area (Å²) in [5.41, 5.74) is 0.520. The predicted octanol–water partition coefficient (Wildman–Crippen LogP) is 2.92. The van der Waals surface area contributed by atoms with Gasteiger partial charge >= 0.3 is 0 Å². The van der Waals surface area contributed by atoms with Gasteiger partial charge in [-0.25, -0.2) is 9.29 Å². The van der Waals surface area contributed by atoms with Crippen molar-refractivity contribution in [3.63, 3.8) is 0 Å². The van der Waals surface area contributed by atoms with Crippen LogP contribution in [0.1, 0.15) is 32.6 Å². The van der Waals surface area contributed by atoms with Crippen molar-refractivity contribution >= 4 is 17.5 Å². The lowest BCUT2D eigenvalue weighted by atomic mass is 10.1. The topological polar surface area (TPSA) is 55.8 Å². The maximum absolute atomic E-state index is 14.8. The maximum atomic E-state index is 14.8. The molecule has 0 N–H and O–H groups in total. The Labute approximate surface area is 132 Å². The van der Waals surface area contributed by atoms with Crippen molar-refractivity contribution in [2.45, 2.75) is 6.29 Å². The summed E-state index contributed by atoms with van der Waals surface area (Å²) >= 11 is 0. The summed E-state index contributed by atoms with van der Waals surface area (Å²) in [6, 6.07) is 10.8. The van der Waals surface area contributed by atoms with E-state index in [0.717, 1.165) is 4.90 Å². The van der Waals surface area contributed by atoms with Crippen molar-refractivity contribution in [2.24, 2.45) is 0 Å². The van der Waals surface area contributed by atoms with Crippen molar-refractivity contribution in [3.8, 4) is 0 Å². The largest absolute Gasteiger partial charge is 0.352 e. The van der Waals surface area contributed by atoms with Gasteiger partial charge in [-0.05, 0) is 18.2 Å².